The molecule has 1 saturated heterocycles. The van der Waals surface area contributed by atoms with Crippen LogP contribution in [0.15, 0.2) is 0 Å². The zero-order valence-electron chi connectivity index (χ0n) is 9.89. The molecule has 0 saturated carbocycles. The Bertz CT molecular complexity index is 130. The SMILES string of the molecule is CCCC[C@H](CC)CN1CCNCC1. The average molecular weight is 198 g/mol. The molecule has 2 heteroatoms. The Morgan fingerprint density at radius 3 is 2.50 bits per heavy atom. The van der Waals surface area contributed by atoms with Crippen LogP contribution in [0.4, 0.5) is 0 Å². The minimum atomic E-state index is 0.938. The summed E-state index contributed by atoms with van der Waals surface area (Å²) in [5.41, 5.74) is 0. The Morgan fingerprint density at radius 2 is 1.93 bits per heavy atom. The van der Waals surface area contributed by atoms with Crippen molar-refractivity contribution in [2.45, 2.75) is 39.5 Å². The number of unbranched alkanes of at least 4 members (excludes halogenated alkanes) is 1. The summed E-state index contributed by atoms with van der Waals surface area (Å²) in [5.74, 6) is 0.938. The Balaban J connectivity index is 2.16. The minimum absolute atomic E-state index is 0.938. The molecule has 0 aromatic heterocycles. The predicted octanol–water partition coefficient (Wildman–Crippen LogP) is 2.11. The Morgan fingerprint density at radius 1 is 1.21 bits per heavy atom. The van der Waals surface area contributed by atoms with Gasteiger partial charge in [0.25, 0.3) is 0 Å². The maximum absolute atomic E-state index is 3.41. The van der Waals surface area contributed by atoms with Gasteiger partial charge in [0.15, 0.2) is 0 Å². The summed E-state index contributed by atoms with van der Waals surface area (Å²) in [6.07, 6.45) is 5.53. The molecule has 1 rings (SSSR count). The first kappa shape index (κ1) is 12.0. The Labute approximate surface area is 89.1 Å². The second-order valence-electron chi connectivity index (χ2n) is 4.47. The van der Waals surface area contributed by atoms with Crippen molar-refractivity contribution in [2.24, 2.45) is 5.92 Å². The Hall–Kier alpha value is -0.0800. The second kappa shape index (κ2) is 7.24. The van der Waals surface area contributed by atoms with Gasteiger partial charge in [-0.25, -0.2) is 0 Å². The highest BCUT2D eigenvalue weighted by Crippen LogP contribution is 2.14. The maximum Gasteiger partial charge on any atom is 0.0107 e. The third-order valence-electron chi connectivity index (χ3n) is 3.27. The van der Waals surface area contributed by atoms with Gasteiger partial charge in [-0.15, -0.1) is 0 Å². The van der Waals surface area contributed by atoms with Gasteiger partial charge in [-0.3, -0.25) is 0 Å². The summed E-state index contributed by atoms with van der Waals surface area (Å²) in [6.45, 7) is 10.8. The molecule has 0 aromatic rings. The molecule has 1 aliphatic heterocycles. The van der Waals surface area contributed by atoms with E-state index in [2.05, 4.69) is 24.1 Å². The fourth-order valence-corrected chi connectivity index (χ4v) is 2.18. The third kappa shape index (κ3) is 4.43. The average Bonchev–Trinajstić information content (AvgIpc) is 2.25. The number of nitrogens with one attached hydrogen (secondary N) is 1. The van der Waals surface area contributed by atoms with Gasteiger partial charge in [-0.2, -0.15) is 0 Å². The molecule has 1 atom stereocenters. The van der Waals surface area contributed by atoms with E-state index in [0.29, 0.717) is 0 Å². The van der Waals surface area contributed by atoms with E-state index in [1.165, 1.54) is 58.4 Å². The molecule has 0 bridgehead atoms. The van der Waals surface area contributed by atoms with Crippen LogP contribution in [0.1, 0.15) is 39.5 Å². The van der Waals surface area contributed by atoms with Crippen molar-refractivity contribution >= 4 is 0 Å². The molecular weight excluding hydrogens is 172 g/mol. The smallest absolute Gasteiger partial charge is 0.0107 e. The third-order valence-corrected chi connectivity index (χ3v) is 3.27. The lowest BCUT2D eigenvalue weighted by Gasteiger charge is -2.30. The molecule has 0 spiro atoms. The van der Waals surface area contributed by atoms with E-state index in [4.69, 9.17) is 0 Å². The molecule has 84 valence electrons. The van der Waals surface area contributed by atoms with Crippen LogP contribution in [-0.2, 0) is 0 Å². The topological polar surface area (TPSA) is 15.3 Å². The van der Waals surface area contributed by atoms with Crippen LogP contribution >= 0.6 is 0 Å². The van der Waals surface area contributed by atoms with Crippen LogP contribution < -0.4 is 5.32 Å². The summed E-state index contributed by atoms with van der Waals surface area (Å²) in [5, 5.41) is 3.41. The molecular formula is C12H26N2. The first-order valence-corrected chi connectivity index (χ1v) is 6.29. The highest BCUT2D eigenvalue weighted by Gasteiger charge is 2.14. The van der Waals surface area contributed by atoms with Gasteiger partial charge in [0.2, 0.25) is 0 Å². The molecule has 0 aliphatic carbocycles. The van der Waals surface area contributed by atoms with E-state index < -0.39 is 0 Å². The molecule has 14 heavy (non-hydrogen) atoms. The minimum Gasteiger partial charge on any atom is -0.314 e. The first-order valence-electron chi connectivity index (χ1n) is 6.29. The zero-order chi connectivity index (χ0) is 10.2. The van der Waals surface area contributed by atoms with Crippen LogP contribution in [0.5, 0.6) is 0 Å². The predicted molar refractivity (Wildman–Crippen MR) is 62.6 cm³/mol. The lowest BCUT2D eigenvalue weighted by Crippen LogP contribution is -2.45. The van der Waals surface area contributed by atoms with E-state index in [1.54, 1.807) is 0 Å². The van der Waals surface area contributed by atoms with E-state index in [0.717, 1.165) is 5.92 Å². The van der Waals surface area contributed by atoms with Crippen molar-refractivity contribution in [3.8, 4) is 0 Å². The van der Waals surface area contributed by atoms with Crippen molar-refractivity contribution in [2.75, 3.05) is 32.7 Å². The molecule has 2 nitrogen and oxygen atoms in total. The summed E-state index contributed by atoms with van der Waals surface area (Å²) in [6, 6.07) is 0. The fraction of sp³-hybridized carbons (Fsp3) is 1.00. The Kier molecular flexibility index (Phi) is 6.20. The monoisotopic (exact) mass is 198 g/mol. The highest BCUT2D eigenvalue weighted by molar-refractivity contribution is 4.71. The van der Waals surface area contributed by atoms with Gasteiger partial charge in [0, 0.05) is 32.7 Å². The van der Waals surface area contributed by atoms with E-state index >= 15 is 0 Å². The van der Waals surface area contributed by atoms with Gasteiger partial charge in [0.1, 0.15) is 0 Å². The molecule has 0 aromatic carbocycles. The van der Waals surface area contributed by atoms with E-state index in [1.807, 2.05) is 0 Å². The van der Waals surface area contributed by atoms with Crippen molar-refractivity contribution in [1.82, 2.24) is 10.2 Å². The molecule has 1 fully saturated rings. The normalized spacial score (nSPS) is 21.0. The molecule has 0 radical (unpaired) electrons. The van der Waals surface area contributed by atoms with Crippen molar-refractivity contribution < 1.29 is 0 Å². The summed E-state index contributed by atoms with van der Waals surface area (Å²) >= 11 is 0. The molecule has 1 heterocycles. The number of piperazine rings is 1. The van der Waals surface area contributed by atoms with Crippen molar-refractivity contribution in [1.29, 1.82) is 0 Å². The van der Waals surface area contributed by atoms with Crippen LogP contribution in [-0.4, -0.2) is 37.6 Å². The first-order chi connectivity index (χ1) is 6.86. The van der Waals surface area contributed by atoms with E-state index in [-0.39, 0.29) is 0 Å². The van der Waals surface area contributed by atoms with Gasteiger partial charge < -0.3 is 10.2 Å². The largest absolute Gasteiger partial charge is 0.314 e. The van der Waals surface area contributed by atoms with Crippen LogP contribution in [0.25, 0.3) is 0 Å². The van der Waals surface area contributed by atoms with Crippen LogP contribution in [0.2, 0.25) is 0 Å². The van der Waals surface area contributed by atoms with Crippen molar-refractivity contribution in [3.05, 3.63) is 0 Å². The van der Waals surface area contributed by atoms with Crippen LogP contribution in [0, 0.1) is 5.92 Å². The molecule has 1 aliphatic rings. The lowest BCUT2D eigenvalue weighted by molar-refractivity contribution is 0.196. The quantitative estimate of drug-likeness (QED) is 0.703. The zero-order valence-corrected chi connectivity index (χ0v) is 9.89. The number of nitrogens with zero attached hydrogens (tertiary/aromatic N) is 1. The number of hydrogen-bond acceptors (Lipinski definition) is 2. The highest BCUT2D eigenvalue weighted by atomic mass is 15.2. The van der Waals surface area contributed by atoms with Gasteiger partial charge in [-0.1, -0.05) is 33.1 Å². The van der Waals surface area contributed by atoms with Gasteiger partial charge >= 0.3 is 0 Å². The van der Waals surface area contributed by atoms with Crippen molar-refractivity contribution in [3.63, 3.8) is 0 Å². The summed E-state index contributed by atoms with van der Waals surface area (Å²) in [4.78, 5) is 2.63. The molecule has 1 N–H and O–H groups in total. The summed E-state index contributed by atoms with van der Waals surface area (Å²) in [7, 11) is 0. The van der Waals surface area contributed by atoms with E-state index in [9.17, 15) is 0 Å². The van der Waals surface area contributed by atoms with Gasteiger partial charge in [-0.05, 0) is 12.3 Å². The standard InChI is InChI=1S/C12H26N2/c1-3-5-6-12(4-2)11-14-9-7-13-8-10-14/h12-13H,3-11H2,1-2H3/t12-/m0/s1. The molecule has 0 unspecified atom stereocenters. The van der Waals surface area contributed by atoms with Crippen LogP contribution in [0.3, 0.4) is 0 Å². The summed E-state index contributed by atoms with van der Waals surface area (Å²) < 4.78 is 0. The fourth-order valence-electron chi connectivity index (χ4n) is 2.18. The molecule has 0 amide bonds. The number of rotatable bonds is 6. The number of hydrogen-bond donors (Lipinski definition) is 1. The van der Waals surface area contributed by atoms with Gasteiger partial charge in [0.05, 0.1) is 0 Å². The second-order valence-corrected chi connectivity index (χ2v) is 4.47. The maximum atomic E-state index is 3.41. The lowest BCUT2D eigenvalue weighted by atomic mass is 9.98.